The van der Waals surface area contributed by atoms with E-state index in [0.29, 0.717) is 19.7 Å². The van der Waals surface area contributed by atoms with Crippen LogP contribution in [0.2, 0.25) is 0 Å². The summed E-state index contributed by atoms with van der Waals surface area (Å²) >= 11 is 0. The third kappa shape index (κ3) is 4.91. The molecule has 4 nitrogen and oxygen atoms in total. The number of hydrogen-bond acceptors (Lipinski definition) is 4. The highest BCUT2D eigenvalue weighted by atomic mass is 16.5. The molecule has 1 aromatic rings. The smallest absolute Gasteiger partial charge is 0.0589 e. The van der Waals surface area contributed by atoms with Crippen LogP contribution in [0.5, 0.6) is 0 Å². The van der Waals surface area contributed by atoms with Gasteiger partial charge >= 0.3 is 0 Å². The average molecular weight is 266 g/mol. The van der Waals surface area contributed by atoms with Crippen LogP contribution in [0.15, 0.2) is 30.3 Å². The van der Waals surface area contributed by atoms with Gasteiger partial charge in [-0.15, -0.1) is 0 Å². The fourth-order valence-corrected chi connectivity index (χ4v) is 2.24. The van der Waals surface area contributed by atoms with Crippen LogP contribution in [0.4, 0.5) is 0 Å². The number of methoxy groups -OCH3 is 1. The maximum absolute atomic E-state index is 9.16. The predicted molar refractivity (Wildman–Crippen MR) is 78.3 cm³/mol. The molecule has 1 unspecified atom stereocenters. The number of nitrogens with two attached hydrogens (primary N) is 1. The lowest BCUT2D eigenvalue weighted by Gasteiger charge is -2.35. The van der Waals surface area contributed by atoms with Crippen LogP contribution >= 0.6 is 0 Å². The highest BCUT2D eigenvalue weighted by Crippen LogP contribution is 2.23. The standard InChI is InChI=1S/C15H26N2O2/c1-15(12-16,14-6-4-3-5-7-14)13-17(8-10-18)9-11-19-2/h3-7,18H,8-13,16H2,1-2H3. The van der Waals surface area contributed by atoms with Gasteiger partial charge in [0.05, 0.1) is 13.2 Å². The first-order chi connectivity index (χ1) is 9.16. The summed E-state index contributed by atoms with van der Waals surface area (Å²) < 4.78 is 5.12. The molecule has 0 heterocycles. The molecule has 1 aromatic carbocycles. The van der Waals surface area contributed by atoms with Gasteiger partial charge in [0.1, 0.15) is 0 Å². The quantitative estimate of drug-likeness (QED) is 0.695. The molecule has 0 radical (unpaired) electrons. The van der Waals surface area contributed by atoms with Gasteiger partial charge in [0.2, 0.25) is 0 Å². The minimum Gasteiger partial charge on any atom is -0.395 e. The second-order valence-corrected chi connectivity index (χ2v) is 5.12. The first kappa shape index (κ1) is 16.1. The summed E-state index contributed by atoms with van der Waals surface area (Å²) in [6, 6.07) is 10.3. The fraction of sp³-hybridized carbons (Fsp3) is 0.600. The van der Waals surface area contributed by atoms with Crippen LogP contribution in [0, 0.1) is 0 Å². The molecule has 0 aliphatic carbocycles. The van der Waals surface area contributed by atoms with Crippen molar-refractivity contribution >= 4 is 0 Å². The van der Waals surface area contributed by atoms with Crippen molar-refractivity contribution in [2.45, 2.75) is 12.3 Å². The molecule has 0 bridgehead atoms. The lowest BCUT2D eigenvalue weighted by atomic mass is 9.82. The molecule has 4 heteroatoms. The van der Waals surface area contributed by atoms with Crippen molar-refractivity contribution in [1.82, 2.24) is 4.90 Å². The molecule has 0 amide bonds. The van der Waals surface area contributed by atoms with Crippen molar-refractivity contribution in [3.63, 3.8) is 0 Å². The van der Waals surface area contributed by atoms with Crippen molar-refractivity contribution in [1.29, 1.82) is 0 Å². The Morgan fingerprint density at radius 1 is 1.26 bits per heavy atom. The molecule has 0 aliphatic heterocycles. The number of aliphatic hydroxyl groups is 1. The fourth-order valence-electron chi connectivity index (χ4n) is 2.24. The number of rotatable bonds is 9. The van der Waals surface area contributed by atoms with E-state index >= 15 is 0 Å². The summed E-state index contributed by atoms with van der Waals surface area (Å²) in [7, 11) is 1.69. The number of benzene rings is 1. The normalized spacial score (nSPS) is 14.6. The molecule has 0 saturated heterocycles. The summed E-state index contributed by atoms with van der Waals surface area (Å²) in [5.41, 5.74) is 7.12. The Morgan fingerprint density at radius 2 is 1.95 bits per heavy atom. The van der Waals surface area contributed by atoms with Crippen molar-refractivity contribution in [2.24, 2.45) is 5.73 Å². The van der Waals surface area contributed by atoms with E-state index in [0.717, 1.165) is 13.1 Å². The Bertz CT molecular complexity index is 345. The maximum Gasteiger partial charge on any atom is 0.0589 e. The van der Waals surface area contributed by atoms with Crippen LogP contribution in [-0.2, 0) is 10.2 Å². The Labute approximate surface area is 116 Å². The average Bonchev–Trinajstić information content (AvgIpc) is 2.46. The van der Waals surface area contributed by atoms with Crippen molar-refractivity contribution in [3.05, 3.63) is 35.9 Å². The van der Waals surface area contributed by atoms with Gasteiger partial charge in [-0.3, -0.25) is 4.90 Å². The van der Waals surface area contributed by atoms with E-state index in [1.165, 1.54) is 5.56 Å². The molecule has 0 fully saturated rings. The Morgan fingerprint density at radius 3 is 2.47 bits per heavy atom. The Kier molecular flexibility index (Phi) is 7.02. The molecule has 0 aromatic heterocycles. The number of aliphatic hydroxyl groups excluding tert-OH is 1. The molecule has 1 rings (SSSR count). The highest BCUT2D eigenvalue weighted by molar-refractivity contribution is 5.25. The van der Waals surface area contributed by atoms with Gasteiger partial charge < -0.3 is 15.6 Å². The molecule has 0 spiro atoms. The third-order valence-electron chi connectivity index (χ3n) is 3.52. The van der Waals surface area contributed by atoms with E-state index in [-0.39, 0.29) is 12.0 Å². The van der Waals surface area contributed by atoms with Crippen LogP contribution in [-0.4, -0.2) is 56.5 Å². The van der Waals surface area contributed by atoms with E-state index < -0.39 is 0 Å². The lowest BCUT2D eigenvalue weighted by Crippen LogP contribution is -2.45. The molecule has 3 N–H and O–H groups in total. The Hall–Kier alpha value is -0.940. The molecule has 1 atom stereocenters. The van der Waals surface area contributed by atoms with Crippen LogP contribution < -0.4 is 5.73 Å². The lowest BCUT2D eigenvalue weighted by molar-refractivity contribution is 0.115. The second-order valence-electron chi connectivity index (χ2n) is 5.12. The van der Waals surface area contributed by atoms with E-state index in [2.05, 4.69) is 24.0 Å². The monoisotopic (exact) mass is 266 g/mol. The minimum absolute atomic E-state index is 0.107. The van der Waals surface area contributed by atoms with E-state index in [1.54, 1.807) is 7.11 Å². The molecule has 0 saturated carbocycles. The largest absolute Gasteiger partial charge is 0.395 e. The highest BCUT2D eigenvalue weighted by Gasteiger charge is 2.27. The summed E-state index contributed by atoms with van der Waals surface area (Å²) in [6.07, 6.45) is 0. The molecular formula is C15H26N2O2. The topological polar surface area (TPSA) is 58.7 Å². The van der Waals surface area contributed by atoms with Crippen LogP contribution in [0.25, 0.3) is 0 Å². The summed E-state index contributed by atoms with van der Waals surface area (Å²) in [6.45, 7) is 5.82. The molecular weight excluding hydrogens is 240 g/mol. The van der Waals surface area contributed by atoms with Gasteiger partial charge in [-0.2, -0.15) is 0 Å². The first-order valence-electron chi connectivity index (χ1n) is 6.74. The predicted octanol–water partition coefficient (Wildman–Crippen LogP) is 0.844. The van der Waals surface area contributed by atoms with Gasteiger partial charge in [0, 0.05) is 38.7 Å². The van der Waals surface area contributed by atoms with Gasteiger partial charge in [0.25, 0.3) is 0 Å². The zero-order chi connectivity index (χ0) is 14.1. The molecule has 0 aliphatic rings. The van der Waals surface area contributed by atoms with E-state index in [4.69, 9.17) is 15.6 Å². The number of hydrogen-bond donors (Lipinski definition) is 2. The molecule has 19 heavy (non-hydrogen) atoms. The summed E-state index contributed by atoms with van der Waals surface area (Å²) in [5.74, 6) is 0. The van der Waals surface area contributed by atoms with Gasteiger partial charge in [-0.1, -0.05) is 37.3 Å². The third-order valence-corrected chi connectivity index (χ3v) is 3.52. The van der Waals surface area contributed by atoms with Gasteiger partial charge in [0.15, 0.2) is 0 Å². The zero-order valence-electron chi connectivity index (χ0n) is 12.0. The Balaban J connectivity index is 2.77. The molecule has 108 valence electrons. The second kappa shape index (κ2) is 8.27. The number of nitrogens with zero attached hydrogens (tertiary/aromatic N) is 1. The van der Waals surface area contributed by atoms with Gasteiger partial charge in [-0.05, 0) is 5.56 Å². The summed E-state index contributed by atoms with van der Waals surface area (Å²) in [4.78, 5) is 2.20. The first-order valence-corrected chi connectivity index (χ1v) is 6.74. The zero-order valence-corrected chi connectivity index (χ0v) is 12.0. The van der Waals surface area contributed by atoms with Gasteiger partial charge in [-0.25, -0.2) is 0 Å². The number of ether oxygens (including phenoxy) is 1. The summed E-state index contributed by atoms with van der Waals surface area (Å²) in [5, 5.41) is 9.16. The maximum atomic E-state index is 9.16. The van der Waals surface area contributed by atoms with Crippen molar-refractivity contribution < 1.29 is 9.84 Å². The van der Waals surface area contributed by atoms with Crippen molar-refractivity contribution in [2.75, 3.05) is 46.5 Å². The van der Waals surface area contributed by atoms with Crippen LogP contribution in [0.1, 0.15) is 12.5 Å². The SMILES string of the molecule is COCCN(CCO)CC(C)(CN)c1ccccc1. The van der Waals surface area contributed by atoms with E-state index in [9.17, 15) is 0 Å². The van der Waals surface area contributed by atoms with Crippen LogP contribution in [0.3, 0.4) is 0 Å². The minimum atomic E-state index is -0.107. The van der Waals surface area contributed by atoms with E-state index in [1.807, 2.05) is 18.2 Å². The van der Waals surface area contributed by atoms with Crippen molar-refractivity contribution in [3.8, 4) is 0 Å².